The molecule has 4 heteroatoms. The number of esters is 1. The highest BCUT2D eigenvalue weighted by Gasteiger charge is 2.31. The van der Waals surface area contributed by atoms with Gasteiger partial charge in [0.2, 0.25) is 0 Å². The molecule has 18 heavy (non-hydrogen) atoms. The van der Waals surface area contributed by atoms with E-state index in [1.807, 2.05) is 0 Å². The third-order valence-electron chi connectivity index (χ3n) is 3.13. The maximum atomic E-state index is 13.8. The number of benzene rings is 1. The summed E-state index contributed by atoms with van der Waals surface area (Å²) in [5.74, 6) is -0.913. The van der Waals surface area contributed by atoms with Crippen LogP contribution in [0.15, 0.2) is 24.3 Å². The quantitative estimate of drug-likeness (QED) is 0.755. The van der Waals surface area contributed by atoms with Crippen molar-refractivity contribution >= 4 is 5.97 Å². The molecule has 2 rings (SSSR count). The Labute approximate surface area is 106 Å². The van der Waals surface area contributed by atoms with Crippen molar-refractivity contribution < 1.29 is 18.7 Å². The number of hydrogen-bond donors (Lipinski definition) is 0. The summed E-state index contributed by atoms with van der Waals surface area (Å²) in [6, 6.07) is 6.38. The van der Waals surface area contributed by atoms with E-state index in [1.54, 1.807) is 25.1 Å². The van der Waals surface area contributed by atoms with Crippen LogP contribution >= 0.6 is 0 Å². The van der Waals surface area contributed by atoms with Gasteiger partial charge in [0.1, 0.15) is 5.82 Å². The van der Waals surface area contributed by atoms with Gasteiger partial charge in [-0.1, -0.05) is 18.2 Å². The van der Waals surface area contributed by atoms with Gasteiger partial charge in [-0.05, 0) is 19.4 Å². The first kappa shape index (κ1) is 13.0. The highest BCUT2D eigenvalue weighted by atomic mass is 19.1. The van der Waals surface area contributed by atoms with Crippen LogP contribution in [0.3, 0.4) is 0 Å². The van der Waals surface area contributed by atoms with Crippen molar-refractivity contribution in [2.24, 2.45) is 5.92 Å². The zero-order valence-electron chi connectivity index (χ0n) is 10.4. The molecule has 1 heterocycles. The highest BCUT2D eigenvalue weighted by molar-refractivity contribution is 5.78. The molecule has 98 valence electrons. The first-order chi connectivity index (χ1) is 8.72. The van der Waals surface area contributed by atoms with Crippen molar-refractivity contribution in [3.05, 3.63) is 35.6 Å². The average Bonchev–Trinajstić information content (AvgIpc) is 2.30. The fraction of sp³-hybridized carbons (Fsp3) is 0.500. The summed E-state index contributed by atoms with van der Waals surface area (Å²) in [5, 5.41) is 0. The lowest BCUT2D eigenvalue weighted by Crippen LogP contribution is -2.31. The maximum absolute atomic E-state index is 13.8. The molecule has 1 atom stereocenters. The minimum absolute atomic E-state index is 0.310. The largest absolute Gasteiger partial charge is 0.466 e. The first-order valence-corrected chi connectivity index (χ1v) is 6.21. The molecule has 3 nitrogen and oxygen atoms in total. The van der Waals surface area contributed by atoms with Gasteiger partial charge >= 0.3 is 5.97 Å². The molecule has 0 saturated carbocycles. The fourth-order valence-corrected chi connectivity index (χ4v) is 2.10. The van der Waals surface area contributed by atoms with E-state index >= 15 is 0 Å². The Morgan fingerprint density at radius 1 is 1.50 bits per heavy atom. The smallest absolute Gasteiger partial charge is 0.313 e. The van der Waals surface area contributed by atoms with Gasteiger partial charge in [0, 0.05) is 11.5 Å². The topological polar surface area (TPSA) is 35.5 Å². The number of hydrogen-bond acceptors (Lipinski definition) is 3. The van der Waals surface area contributed by atoms with Crippen molar-refractivity contribution in [3.63, 3.8) is 0 Å². The molecule has 0 aliphatic carbocycles. The molecule has 0 radical (unpaired) electrons. The lowest BCUT2D eigenvalue weighted by Gasteiger charge is -2.29. The molecule has 0 N–H and O–H groups in total. The van der Waals surface area contributed by atoms with Crippen molar-refractivity contribution in [1.29, 1.82) is 0 Å². The standard InChI is InChI=1S/C14H17FO3/c1-2-18-14(16)12(7-10-8-17-9-10)11-5-3-4-6-13(11)15/h3-6,10,12H,2,7-9H2,1H3. The lowest BCUT2D eigenvalue weighted by atomic mass is 9.87. The van der Waals surface area contributed by atoms with Crippen LogP contribution in [0, 0.1) is 11.7 Å². The Bertz CT molecular complexity index is 415. The Kier molecular flexibility index (Phi) is 4.31. The van der Waals surface area contributed by atoms with E-state index in [4.69, 9.17) is 9.47 Å². The van der Waals surface area contributed by atoms with E-state index in [-0.39, 0.29) is 11.8 Å². The Morgan fingerprint density at radius 3 is 2.78 bits per heavy atom. The Morgan fingerprint density at radius 2 is 2.22 bits per heavy atom. The molecule has 1 aliphatic rings. The Hall–Kier alpha value is -1.42. The third kappa shape index (κ3) is 2.88. The SMILES string of the molecule is CCOC(=O)C(CC1COC1)c1ccccc1F. The van der Waals surface area contributed by atoms with Gasteiger partial charge in [0.25, 0.3) is 0 Å². The summed E-state index contributed by atoms with van der Waals surface area (Å²) in [7, 11) is 0. The van der Waals surface area contributed by atoms with Crippen LogP contribution in [0.1, 0.15) is 24.8 Å². The molecular formula is C14H17FO3. The van der Waals surface area contributed by atoms with Gasteiger partial charge in [-0.25, -0.2) is 4.39 Å². The predicted octanol–water partition coefficient (Wildman–Crippen LogP) is 2.51. The lowest BCUT2D eigenvalue weighted by molar-refractivity contribution is -0.146. The van der Waals surface area contributed by atoms with Crippen LogP contribution in [-0.4, -0.2) is 25.8 Å². The zero-order chi connectivity index (χ0) is 13.0. The molecule has 1 fully saturated rings. The van der Waals surface area contributed by atoms with Gasteiger partial charge in [-0.15, -0.1) is 0 Å². The minimum atomic E-state index is -0.528. The highest BCUT2D eigenvalue weighted by Crippen LogP contribution is 2.30. The zero-order valence-corrected chi connectivity index (χ0v) is 10.4. The molecule has 0 aromatic heterocycles. The van der Waals surface area contributed by atoms with Crippen molar-refractivity contribution in [2.75, 3.05) is 19.8 Å². The van der Waals surface area contributed by atoms with Gasteiger partial charge < -0.3 is 9.47 Å². The monoisotopic (exact) mass is 252 g/mol. The summed E-state index contributed by atoms with van der Waals surface area (Å²) < 4.78 is 23.9. The van der Waals surface area contributed by atoms with E-state index in [0.717, 1.165) is 0 Å². The summed E-state index contributed by atoms with van der Waals surface area (Å²) in [6.07, 6.45) is 0.583. The van der Waals surface area contributed by atoms with Crippen LogP contribution < -0.4 is 0 Å². The van der Waals surface area contributed by atoms with Crippen molar-refractivity contribution in [3.8, 4) is 0 Å². The molecule has 1 aliphatic heterocycles. The second kappa shape index (κ2) is 5.96. The second-order valence-electron chi connectivity index (χ2n) is 4.47. The predicted molar refractivity (Wildman–Crippen MR) is 64.7 cm³/mol. The number of carbonyl (C=O) groups excluding carboxylic acids is 1. The Balaban J connectivity index is 2.17. The summed E-state index contributed by atoms with van der Waals surface area (Å²) >= 11 is 0. The summed E-state index contributed by atoms with van der Waals surface area (Å²) in [6.45, 7) is 3.35. The van der Waals surface area contributed by atoms with Crippen LogP contribution in [0.2, 0.25) is 0 Å². The third-order valence-corrected chi connectivity index (χ3v) is 3.13. The molecule has 1 aromatic rings. The van der Waals surface area contributed by atoms with Crippen molar-refractivity contribution in [1.82, 2.24) is 0 Å². The summed E-state index contributed by atoms with van der Waals surface area (Å²) in [4.78, 5) is 11.9. The normalized spacial score (nSPS) is 17.0. The number of ether oxygens (including phenoxy) is 2. The van der Waals surface area contributed by atoms with E-state index in [1.165, 1.54) is 6.07 Å². The first-order valence-electron chi connectivity index (χ1n) is 6.21. The number of halogens is 1. The van der Waals surface area contributed by atoms with E-state index < -0.39 is 5.92 Å². The average molecular weight is 252 g/mol. The number of rotatable bonds is 5. The van der Waals surface area contributed by atoms with Crippen LogP contribution in [-0.2, 0) is 14.3 Å². The second-order valence-corrected chi connectivity index (χ2v) is 4.47. The van der Waals surface area contributed by atoms with Gasteiger partial charge in [0.05, 0.1) is 25.7 Å². The molecule has 1 saturated heterocycles. The van der Waals surface area contributed by atoms with Gasteiger partial charge in [-0.2, -0.15) is 0 Å². The van der Waals surface area contributed by atoms with Crippen LogP contribution in [0.4, 0.5) is 4.39 Å². The molecule has 0 bridgehead atoms. The van der Waals surface area contributed by atoms with Crippen LogP contribution in [0.5, 0.6) is 0 Å². The maximum Gasteiger partial charge on any atom is 0.313 e. The van der Waals surface area contributed by atoms with Gasteiger partial charge in [-0.3, -0.25) is 4.79 Å². The number of carbonyl (C=O) groups is 1. The van der Waals surface area contributed by atoms with Crippen LogP contribution in [0.25, 0.3) is 0 Å². The molecule has 1 unspecified atom stereocenters. The van der Waals surface area contributed by atoms with Crippen molar-refractivity contribution in [2.45, 2.75) is 19.3 Å². The molecule has 0 amide bonds. The van der Waals surface area contributed by atoms with Gasteiger partial charge in [0.15, 0.2) is 0 Å². The molecule has 0 spiro atoms. The molecule has 1 aromatic carbocycles. The minimum Gasteiger partial charge on any atom is -0.466 e. The molecular weight excluding hydrogens is 235 g/mol. The van der Waals surface area contributed by atoms with E-state index in [9.17, 15) is 9.18 Å². The fourth-order valence-electron chi connectivity index (χ4n) is 2.10. The van der Waals surface area contributed by atoms with E-state index in [2.05, 4.69) is 0 Å². The summed E-state index contributed by atoms with van der Waals surface area (Å²) in [5.41, 5.74) is 0.419. The van der Waals surface area contributed by atoms with E-state index in [0.29, 0.717) is 37.7 Å².